The third-order valence-corrected chi connectivity index (χ3v) is 3.54. The molecule has 0 unspecified atom stereocenters. The van der Waals surface area contributed by atoms with Gasteiger partial charge in [0.2, 0.25) is 0 Å². The van der Waals surface area contributed by atoms with Crippen molar-refractivity contribution in [2.45, 2.75) is 25.8 Å². The van der Waals surface area contributed by atoms with E-state index in [0.717, 1.165) is 6.54 Å². The zero-order chi connectivity index (χ0) is 7.84. The Balaban J connectivity index is 2.43. The molecule has 0 saturated heterocycles. The maximum Gasteiger partial charge on any atom is 0.0303 e. The molecule has 11 heavy (non-hydrogen) atoms. The van der Waals surface area contributed by atoms with Gasteiger partial charge in [0, 0.05) is 23.4 Å². The van der Waals surface area contributed by atoms with Gasteiger partial charge >= 0.3 is 0 Å². The van der Waals surface area contributed by atoms with Crippen LogP contribution in [0.3, 0.4) is 0 Å². The van der Waals surface area contributed by atoms with Crippen LogP contribution >= 0.6 is 11.3 Å². The predicted octanol–water partition coefficient (Wildman–Crippen LogP) is 2.52. The smallest absolute Gasteiger partial charge is 0.0303 e. The van der Waals surface area contributed by atoms with Crippen molar-refractivity contribution in [3.63, 3.8) is 0 Å². The third-order valence-electron chi connectivity index (χ3n) is 2.37. The minimum Gasteiger partial charge on any atom is -0.310 e. The molecule has 0 radical (unpaired) electrons. The first-order valence-electron chi connectivity index (χ1n) is 4.09. The Hall–Kier alpha value is -0.340. The molecule has 1 aliphatic rings. The highest BCUT2D eigenvalue weighted by atomic mass is 32.1. The van der Waals surface area contributed by atoms with Crippen LogP contribution in [0, 0.1) is 0 Å². The topological polar surface area (TPSA) is 12.0 Å². The van der Waals surface area contributed by atoms with Crippen LogP contribution in [0.5, 0.6) is 0 Å². The van der Waals surface area contributed by atoms with Crippen LogP contribution in [-0.2, 0) is 0 Å². The Labute approximate surface area is 71.4 Å². The van der Waals surface area contributed by atoms with Crippen molar-refractivity contribution < 1.29 is 0 Å². The summed E-state index contributed by atoms with van der Waals surface area (Å²) in [7, 11) is 0. The van der Waals surface area contributed by atoms with Crippen molar-refractivity contribution in [1.29, 1.82) is 0 Å². The maximum absolute atomic E-state index is 3.48. The maximum atomic E-state index is 3.48. The molecule has 0 fully saturated rings. The summed E-state index contributed by atoms with van der Waals surface area (Å²) in [6.07, 6.45) is 0. The number of thiophene rings is 1. The van der Waals surface area contributed by atoms with Crippen molar-refractivity contribution in [1.82, 2.24) is 5.32 Å². The Morgan fingerprint density at radius 2 is 2.36 bits per heavy atom. The minimum atomic E-state index is 0.562. The fraction of sp³-hybridized carbons (Fsp3) is 0.556. The molecule has 1 aliphatic heterocycles. The highest BCUT2D eigenvalue weighted by Crippen LogP contribution is 2.33. The van der Waals surface area contributed by atoms with E-state index in [0.29, 0.717) is 12.0 Å². The molecule has 0 aliphatic carbocycles. The number of nitrogens with one attached hydrogen (secondary N) is 1. The van der Waals surface area contributed by atoms with Gasteiger partial charge in [0.05, 0.1) is 0 Å². The van der Waals surface area contributed by atoms with Crippen LogP contribution < -0.4 is 5.32 Å². The van der Waals surface area contributed by atoms with Crippen LogP contribution in [-0.4, -0.2) is 6.54 Å². The molecule has 0 bridgehead atoms. The van der Waals surface area contributed by atoms with Gasteiger partial charge in [-0.2, -0.15) is 0 Å². The van der Waals surface area contributed by atoms with Gasteiger partial charge in [-0.15, -0.1) is 11.3 Å². The molecule has 0 amide bonds. The van der Waals surface area contributed by atoms with Gasteiger partial charge in [-0.25, -0.2) is 0 Å². The summed E-state index contributed by atoms with van der Waals surface area (Å²) in [4.78, 5) is 1.58. The highest BCUT2D eigenvalue weighted by Gasteiger charge is 2.21. The van der Waals surface area contributed by atoms with Gasteiger partial charge in [-0.3, -0.25) is 0 Å². The quantitative estimate of drug-likeness (QED) is 0.626. The highest BCUT2D eigenvalue weighted by molar-refractivity contribution is 7.10. The van der Waals surface area contributed by atoms with Gasteiger partial charge < -0.3 is 5.32 Å². The van der Waals surface area contributed by atoms with Crippen LogP contribution in [0.4, 0.5) is 0 Å². The van der Waals surface area contributed by atoms with Crippen molar-refractivity contribution in [2.75, 3.05) is 6.54 Å². The number of hydrogen-bond donors (Lipinski definition) is 1. The molecule has 1 N–H and O–H groups in total. The summed E-state index contributed by atoms with van der Waals surface area (Å²) in [6.45, 7) is 5.65. The lowest BCUT2D eigenvalue weighted by Crippen LogP contribution is -2.28. The lowest BCUT2D eigenvalue weighted by Gasteiger charge is -2.25. The molecule has 2 rings (SSSR count). The molecule has 2 atom stereocenters. The van der Waals surface area contributed by atoms with E-state index in [-0.39, 0.29) is 0 Å². The van der Waals surface area contributed by atoms with Gasteiger partial charge in [0.1, 0.15) is 0 Å². The van der Waals surface area contributed by atoms with Crippen molar-refractivity contribution in [2.24, 2.45) is 0 Å². The van der Waals surface area contributed by atoms with Crippen molar-refractivity contribution in [3.05, 3.63) is 21.9 Å². The summed E-state index contributed by atoms with van der Waals surface area (Å²) in [6, 6.07) is 2.81. The van der Waals surface area contributed by atoms with Crippen molar-refractivity contribution in [3.8, 4) is 0 Å². The fourth-order valence-corrected chi connectivity index (χ4v) is 2.70. The first-order chi connectivity index (χ1) is 5.29. The van der Waals surface area contributed by atoms with E-state index in [9.17, 15) is 0 Å². The van der Waals surface area contributed by atoms with Gasteiger partial charge in [0.15, 0.2) is 0 Å². The first kappa shape index (κ1) is 7.32. The van der Waals surface area contributed by atoms with Gasteiger partial charge in [0.25, 0.3) is 0 Å². The summed E-state index contributed by atoms with van der Waals surface area (Å²) in [5, 5.41) is 5.68. The van der Waals surface area contributed by atoms with E-state index in [1.807, 2.05) is 11.3 Å². The number of rotatable bonds is 0. The molecule has 60 valence electrons. The Kier molecular flexibility index (Phi) is 1.74. The second-order valence-corrected chi connectivity index (χ2v) is 4.22. The third kappa shape index (κ3) is 1.10. The number of hydrogen-bond acceptors (Lipinski definition) is 2. The van der Waals surface area contributed by atoms with Gasteiger partial charge in [-0.1, -0.05) is 6.92 Å². The Morgan fingerprint density at radius 1 is 1.55 bits per heavy atom. The van der Waals surface area contributed by atoms with E-state index in [4.69, 9.17) is 0 Å². The molecule has 0 aromatic carbocycles. The first-order valence-corrected chi connectivity index (χ1v) is 4.97. The van der Waals surface area contributed by atoms with E-state index in [1.165, 1.54) is 5.56 Å². The number of fused-ring (bicyclic) bond motifs is 1. The molecular formula is C9H13NS. The molecule has 0 spiro atoms. The summed E-state index contributed by atoms with van der Waals surface area (Å²) in [5.41, 5.74) is 1.51. The summed E-state index contributed by atoms with van der Waals surface area (Å²) in [5.74, 6) is 0.709. The van der Waals surface area contributed by atoms with Crippen LogP contribution in [0.1, 0.15) is 36.2 Å². The molecule has 2 heteroatoms. The average molecular weight is 167 g/mol. The van der Waals surface area contributed by atoms with Crippen LogP contribution in [0.15, 0.2) is 11.4 Å². The second kappa shape index (κ2) is 2.61. The van der Waals surface area contributed by atoms with Crippen LogP contribution in [0.25, 0.3) is 0 Å². The van der Waals surface area contributed by atoms with E-state index < -0.39 is 0 Å². The van der Waals surface area contributed by atoms with E-state index in [2.05, 4.69) is 30.6 Å². The fourth-order valence-electron chi connectivity index (χ4n) is 1.65. The molecule has 1 aromatic heterocycles. The zero-order valence-electron chi connectivity index (χ0n) is 6.92. The molecule has 0 saturated carbocycles. The zero-order valence-corrected chi connectivity index (χ0v) is 7.74. The lowest BCUT2D eigenvalue weighted by molar-refractivity contribution is 0.502. The molecule has 1 nitrogen and oxygen atoms in total. The average Bonchev–Trinajstić information content (AvgIpc) is 2.45. The van der Waals surface area contributed by atoms with E-state index in [1.54, 1.807) is 4.88 Å². The largest absolute Gasteiger partial charge is 0.310 e. The van der Waals surface area contributed by atoms with Gasteiger partial charge in [-0.05, 0) is 23.9 Å². The standard InChI is InChI=1S/C9H13NS/c1-6-5-10-7(2)8-3-4-11-9(6)8/h3-4,6-7,10H,5H2,1-2H3/t6-,7-/m1/s1. The van der Waals surface area contributed by atoms with E-state index >= 15 is 0 Å². The molecule has 1 aromatic rings. The normalized spacial score (nSPS) is 30.0. The Morgan fingerprint density at radius 3 is 3.09 bits per heavy atom. The Bertz CT molecular complexity index is 229. The molecule has 2 heterocycles. The summed E-state index contributed by atoms with van der Waals surface area (Å²) >= 11 is 1.90. The minimum absolute atomic E-state index is 0.562. The second-order valence-electron chi connectivity index (χ2n) is 3.27. The summed E-state index contributed by atoms with van der Waals surface area (Å²) < 4.78 is 0. The van der Waals surface area contributed by atoms with Crippen molar-refractivity contribution >= 4 is 11.3 Å². The lowest BCUT2D eigenvalue weighted by atomic mass is 9.97. The molecular weight excluding hydrogens is 154 g/mol. The van der Waals surface area contributed by atoms with Crippen LogP contribution in [0.2, 0.25) is 0 Å². The monoisotopic (exact) mass is 167 g/mol. The SMILES string of the molecule is C[C@@H]1CN[C@H](C)c2ccsc21. The predicted molar refractivity (Wildman–Crippen MR) is 49.2 cm³/mol.